The van der Waals surface area contributed by atoms with Crippen molar-refractivity contribution >= 4 is 0 Å². The minimum atomic E-state index is -0.884. The maximum atomic E-state index is 10.1. The average Bonchev–Trinajstić information content (AvgIpc) is 2.87. The van der Waals surface area contributed by atoms with E-state index in [2.05, 4.69) is 5.10 Å². The van der Waals surface area contributed by atoms with Crippen LogP contribution in [0.5, 0.6) is 0 Å². The molecule has 0 aliphatic heterocycles. The van der Waals surface area contributed by atoms with Crippen molar-refractivity contribution in [3.8, 4) is 0 Å². The standard InChI is InChI=1S/C15H20N2O2/c1-11(2)17-9-8-13(16-17)10-14(18)15(19)12-6-4-3-5-7-12/h3-9,11,14-15,18-19H,10H2,1-2H3. The molecule has 1 heterocycles. The maximum absolute atomic E-state index is 10.1. The van der Waals surface area contributed by atoms with Crippen LogP contribution in [0.1, 0.15) is 37.3 Å². The van der Waals surface area contributed by atoms with Crippen LogP contribution in [0, 0.1) is 0 Å². The van der Waals surface area contributed by atoms with Gasteiger partial charge in [-0.25, -0.2) is 0 Å². The van der Waals surface area contributed by atoms with Gasteiger partial charge in [-0.15, -0.1) is 0 Å². The Balaban J connectivity index is 2.02. The van der Waals surface area contributed by atoms with E-state index in [9.17, 15) is 10.2 Å². The summed E-state index contributed by atoms with van der Waals surface area (Å²) in [6.45, 7) is 4.10. The van der Waals surface area contributed by atoms with E-state index in [4.69, 9.17) is 0 Å². The molecule has 2 unspecified atom stereocenters. The second-order valence-electron chi connectivity index (χ2n) is 5.01. The first kappa shape index (κ1) is 13.8. The molecule has 0 spiro atoms. The Morgan fingerprint density at radius 1 is 1.11 bits per heavy atom. The van der Waals surface area contributed by atoms with E-state index in [1.807, 2.05) is 49.0 Å². The fourth-order valence-electron chi connectivity index (χ4n) is 1.97. The molecule has 0 amide bonds. The first-order valence-corrected chi connectivity index (χ1v) is 6.53. The summed E-state index contributed by atoms with van der Waals surface area (Å²) in [5, 5.41) is 24.5. The minimum Gasteiger partial charge on any atom is -0.390 e. The molecular weight excluding hydrogens is 240 g/mol. The largest absolute Gasteiger partial charge is 0.390 e. The second-order valence-corrected chi connectivity index (χ2v) is 5.01. The number of aromatic nitrogens is 2. The predicted octanol–water partition coefficient (Wildman–Crippen LogP) is 2.10. The highest BCUT2D eigenvalue weighted by molar-refractivity contribution is 5.19. The molecule has 0 aliphatic rings. The monoisotopic (exact) mass is 260 g/mol. The van der Waals surface area contributed by atoms with Crippen molar-refractivity contribution < 1.29 is 10.2 Å². The van der Waals surface area contributed by atoms with Crippen molar-refractivity contribution in [1.29, 1.82) is 0 Å². The summed E-state index contributed by atoms with van der Waals surface area (Å²) < 4.78 is 1.84. The molecule has 0 saturated carbocycles. The van der Waals surface area contributed by atoms with Crippen LogP contribution in [-0.2, 0) is 6.42 Å². The van der Waals surface area contributed by atoms with Crippen molar-refractivity contribution in [2.45, 2.75) is 38.5 Å². The summed E-state index contributed by atoms with van der Waals surface area (Å²) in [7, 11) is 0. The van der Waals surface area contributed by atoms with Gasteiger partial charge in [-0.1, -0.05) is 30.3 Å². The first-order valence-electron chi connectivity index (χ1n) is 6.53. The Hall–Kier alpha value is -1.65. The third-order valence-electron chi connectivity index (χ3n) is 3.12. The SMILES string of the molecule is CC(C)n1ccc(CC(O)C(O)c2ccccc2)n1. The van der Waals surface area contributed by atoms with Gasteiger partial charge in [0.25, 0.3) is 0 Å². The van der Waals surface area contributed by atoms with E-state index < -0.39 is 12.2 Å². The normalized spacial score (nSPS) is 14.6. The van der Waals surface area contributed by atoms with Gasteiger partial charge in [0.1, 0.15) is 6.10 Å². The maximum Gasteiger partial charge on any atom is 0.105 e. The Bertz CT molecular complexity index is 508. The van der Waals surface area contributed by atoms with Crippen molar-refractivity contribution in [2.24, 2.45) is 0 Å². The van der Waals surface area contributed by atoms with Crippen LogP contribution in [0.25, 0.3) is 0 Å². The zero-order valence-electron chi connectivity index (χ0n) is 11.3. The molecule has 2 rings (SSSR count). The van der Waals surface area contributed by atoms with Gasteiger partial charge in [-0.3, -0.25) is 4.68 Å². The molecule has 1 aromatic heterocycles. The zero-order chi connectivity index (χ0) is 13.8. The highest BCUT2D eigenvalue weighted by Crippen LogP contribution is 2.19. The Labute approximate surface area is 113 Å². The molecule has 0 bridgehead atoms. The number of benzene rings is 1. The van der Waals surface area contributed by atoms with Gasteiger partial charge in [0.2, 0.25) is 0 Å². The van der Waals surface area contributed by atoms with Crippen LogP contribution in [0.2, 0.25) is 0 Å². The number of hydrogen-bond donors (Lipinski definition) is 2. The van der Waals surface area contributed by atoms with Crippen LogP contribution in [0.4, 0.5) is 0 Å². The Morgan fingerprint density at radius 3 is 2.37 bits per heavy atom. The third-order valence-corrected chi connectivity index (χ3v) is 3.12. The number of nitrogens with zero attached hydrogens (tertiary/aromatic N) is 2. The van der Waals surface area contributed by atoms with E-state index in [0.717, 1.165) is 11.3 Å². The average molecular weight is 260 g/mol. The lowest BCUT2D eigenvalue weighted by molar-refractivity contribution is 0.0183. The number of aliphatic hydroxyl groups is 2. The van der Waals surface area contributed by atoms with Crippen molar-refractivity contribution in [3.63, 3.8) is 0 Å². The molecule has 2 N–H and O–H groups in total. The van der Waals surface area contributed by atoms with Crippen molar-refractivity contribution in [2.75, 3.05) is 0 Å². The van der Waals surface area contributed by atoms with E-state index in [-0.39, 0.29) is 0 Å². The highest BCUT2D eigenvalue weighted by Gasteiger charge is 2.19. The fourth-order valence-corrected chi connectivity index (χ4v) is 1.97. The minimum absolute atomic E-state index is 0.296. The molecule has 2 aromatic rings. The highest BCUT2D eigenvalue weighted by atomic mass is 16.3. The topological polar surface area (TPSA) is 58.3 Å². The number of hydrogen-bond acceptors (Lipinski definition) is 3. The second kappa shape index (κ2) is 5.99. The van der Waals surface area contributed by atoms with Gasteiger partial charge in [0, 0.05) is 18.7 Å². The zero-order valence-corrected chi connectivity index (χ0v) is 11.3. The first-order chi connectivity index (χ1) is 9.08. The quantitative estimate of drug-likeness (QED) is 0.865. The van der Waals surface area contributed by atoms with E-state index >= 15 is 0 Å². The Kier molecular flexibility index (Phi) is 4.35. The van der Waals surface area contributed by atoms with Gasteiger partial charge in [0.15, 0.2) is 0 Å². The van der Waals surface area contributed by atoms with Crippen LogP contribution < -0.4 is 0 Å². The van der Waals surface area contributed by atoms with Crippen LogP contribution in [0.15, 0.2) is 42.6 Å². The van der Waals surface area contributed by atoms with E-state index in [1.54, 1.807) is 12.1 Å². The molecule has 102 valence electrons. The molecule has 0 saturated heterocycles. The van der Waals surface area contributed by atoms with Gasteiger partial charge in [-0.2, -0.15) is 5.10 Å². The summed E-state index contributed by atoms with van der Waals surface area (Å²) >= 11 is 0. The van der Waals surface area contributed by atoms with Crippen LogP contribution in [-0.4, -0.2) is 26.1 Å². The molecule has 0 radical (unpaired) electrons. The number of aliphatic hydroxyl groups excluding tert-OH is 2. The molecule has 4 heteroatoms. The summed E-state index contributed by atoms with van der Waals surface area (Å²) in [4.78, 5) is 0. The molecule has 1 aromatic carbocycles. The van der Waals surface area contributed by atoms with Crippen LogP contribution in [0.3, 0.4) is 0 Å². The summed E-state index contributed by atoms with van der Waals surface area (Å²) in [6.07, 6.45) is 0.500. The fraction of sp³-hybridized carbons (Fsp3) is 0.400. The van der Waals surface area contributed by atoms with E-state index in [1.165, 1.54) is 0 Å². The molecule has 19 heavy (non-hydrogen) atoms. The van der Waals surface area contributed by atoms with Gasteiger partial charge in [0.05, 0.1) is 11.8 Å². The summed E-state index contributed by atoms with van der Waals surface area (Å²) in [6, 6.07) is 11.4. The third kappa shape index (κ3) is 3.43. The van der Waals surface area contributed by atoms with Gasteiger partial charge < -0.3 is 10.2 Å². The number of rotatable bonds is 5. The molecular formula is C15H20N2O2. The molecule has 2 atom stereocenters. The summed E-state index contributed by atoms with van der Waals surface area (Å²) in [5.41, 5.74) is 1.51. The van der Waals surface area contributed by atoms with Crippen molar-refractivity contribution in [3.05, 3.63) is 53.9 Å². The predicted molar refractivity (Wildman–Crippen MR) is 73.7 cm³/mol. The molecule has 0 aliphatic carbocycles. The van der Waals surface area contributed by atoms with Crippen LogP contribution >= 0.6 is 0 Å². The van der Waals surface area contributed by atoms with Crippen molar-refractivity contribution in [1.82, 2.24) is 9.78 Å². The van der Waals surface area contributed by atoms with E-state index in [0.29, 0.717) is 12.5 Å². The lowest BCUT2D eigenvalue weighted by atomic mass is 10.0. The lowest BCUT2D eigenvalue weighted by Gasteiger charge is -2.17. The molecule has 4 nitrogen and oxygen atoms in total. The molecule has 0 fully saturated rings. The van der Waals surface area contributed by atoms with Gasteiger partial charge >= 0.3 is 0 Å². The lowest BCUT2D eigenvalue weighted by Crippen LogP contribution is -2.21. The smallest absolute Gasteiger partial charge is 0.105 e. The van der Waals surface area contributed by atoms with Gasteiger partial charge in [-0.05, 0) is 25.5 Å². The Morgan fingerprint density at radius 2 is 1.79 bits per heavy atom. The summed E-state index contributed by atoms with van der Waals surface area (Å²) in [5.74, 6) is 0.